The van der Waals surface area contributed by atoms with Crippen LogP contribution in [0.25, 0.3) is 0 Å². The number of hydrogen-bond acceptors (Lipinski definition) is 5. The van der Waals surface area contributed by atoms with E-state index in [-0.39, 0.29) is 11.5 Å². The number of halogens is 2. The van der Waals surface area contributed by atoms with Gasteiger partial charge >= 0.3 is 0 Å². The van der Waals surface area contributed by atoms with E-state index in [4.69, 9.17) is 32.5 Å². The Morgan fingerprint density at radius 1 is 1.29 bits per heavy atom. The second-order valence-corrected chi connectivity index (χ2v) is 9.69. The van der Waals surface area contributed by atoms with Gasteiger partial charge in [-0.3, -0.25) is 4.90 Å². The standard InChI is InChI=1S/C24H33Cl2N3O2/c1-5-24(3,4)23-13-19(31-28-23)8-6-17(2)27-14-20-16-29(10-11-30-20)15-18-7-9-21(25)22(26)12-18/h7,9,12-13,20,27H,2,5-6,8,10-11,14-16H2,1,3-4H3/t20-/m0/s1. The summed E-state index contributed by atoms with van der Waals surface area (Å²) in [6.45, 7) is 14.7. The van der Waals surface area contributed by atoms with E-state index in [0.717, 1.165) is 68.2 Å². The SMILES string of the molecule is C=C(CCc1cc(C(C)(C)CC)no1)NC[C@H]1CN(Cc2ccc(Cl)c(Cl)c2)CCO1. The van der Waals surface area contributed by atoms with Crippen molar-refractivity contribution in [3.05, 3.63) is 63.6 Å². The normalized spacial score (nSPS) is 17.6. The summed E-state index contributed by atoms with van der Waals surface area (Å²) in [5, 5.41) is 8.85. The molecule has 0 spiro atoms. The van der Waals surface area contributed by atoms with E-state index >= 15 is 0 Å². The zero-order chi connectivity index (χ0) is 22.4. The Labute approximate surface area is 195 Å². The molecule has 1 aliphatic heterocycles. The summed E-state index contributed by atoms with van der Waals surface area (Å²) in [6, 6.07) is 7.88. The lowest BCUT2D eigenvalue weighted by Crippen LogP contribution is -2.46. The summed E-state index contributed by atoms with van der Waals surface area (Å²) >= 11 is 12.2. The zero-order valence-corrected chi connectivity index (χ0v) is 20.2. The van der Waals surface area contributed by atoms with Crippen molar-refractivity contribution in [1.29, 1.82) is 0 Å². The highest BCUT2D eigenvalue weighted by molar-refractivity contribution is 6.42. The molecule has 2 aromatic rings. The van der Waals surface area contributed by atoms with Gasteiger partial charge in [-0.1, -0.05) is 61.8 Å². The Morgan fingerprint density at radius 2 is 2.10 bits per heavy atom. The predicted octanol–water partition coefficient (Wildman–Crippen LogP) is 5.61. The average Bonchev–Trinajstić information content (AvgIpc) is 3.24. The molecular weight excluding hydrogens is 433 g/mol. The number of benzene rings is 1. The first-order valence-corrected chi connectivity index (χ1v) is 11.7. The van der Waals surface area contributed by atoms with Gasteiger partial charge in [-0.25, -0.2) is 0 Å². The van der Waals surface area contributed by atoms with Gasteiger partial charge in [-0.05, 0) is 30.5 Å². The third kappa shape index (κ3) is 6.98. The molecule has 1 saturated heterocycles. The van der Waals surface area contributed by atoms with Crippen molar-refractivity contribution < 1.29 is 9.26 Å². The highest BCUT2D eigenvalue weighted by Crippen LogP contribution is 2.26. The maximum Gasteiger partial charge on any atom is 0.137 e. The third-order valence-corrected chi connectivity index (χ3v) is 6.74. The molecule has 3 rings (SSSR count). The molecule has 0 bridgehead atoms. The fourth-order valence-corrected chi connectivity index (χ4v) is 3.82. The zero-order valence-electron chi connectivity index (χ0n) is 18.7. The van der Waals surface area contributed by atoms with Crippen LogP contribution in [0.3, 0.4) is 0 Å². The maximum atomic E-state index is 6.14. The first-order chi connectivity index (χ1) is 14.8. The predicted molar refractivity (Wildman–Crippen MR) is 127 cm³/mol. The summed E-state index contributed by atoms with van der Waals surface area (Å²) in [7, 11) is 0. The molecule has 1 aromatic carbocycles. The third-order valence-electron chi connectivity index (χ3n) is 6.00. The molecule has 1 fully saturated rings. The van der Waals surface area contributed by atoms with Crippen LogP contribution in [0.4, 0.5) is 0 Å². The molecule has 1 aliphatic rings. The van der Waals surface area contributed by atoms with Crippen molar-refractivity contribution >= 4 is 23.2 Å². The highest BCUT2D eigenvalue weighted by atomic mass is 35.5. The lowest BCUT2D eigenvalue weighted by molar-refractivity contribution is -0.0290. The van der Waals surface area contributed by atoms with Crippen LogP contribution >= 0.6 is 23.2 Å². The summed E-state index contributed by atoms with van der Waals surface area (Å²) in [5.74, 6) is 0.904. The Balaban J connectivity index is 1.41. The smallest absolute Gasteiger partial charge is 0.137 e. The second kappa shape index (κ2) is 10.9. The minimum atomic E-state index is 0.0402. The van der Waals surface area contributed by atoms with Crippen LogP contribution in [-0.4, -0.2) is 42.4 Å². The van der Waals surface area contributed by atoms with Crippen LogP contribution < -0.4 is 5.32 Å². The molecule has 2 heterocycles. The molecule has 0 aliphatic carbocycles. The van der Waals surface area contributed by atoms with E-state index in [9.17, 15) is 0 Å². The van der Waals surface area contributed by atoms with Crippen LogP contribution in [0.2, 0.25) is 10.0 Å². The molecule has 1 N–H and O–H groups in total. The van der Waals surface area contributed by atoms with Crippen molar-refractivity contribution in [1.82, 2.24) is 15.4 Å². The summed E-state index contributed by atoms with van der Waals surface area (Å²) in [5.41, 5.74) is 3.20. The first-order valence-electron chi connectivity index (χ1n) is 10.9. The van der Waals surface area contributed by atoms with E-state index in [1.54, 1.807) is 0 Å². The van der Waals surface area contributed by atoms with Crippen LogP contribution in [0, 0.1) is 0 Å². The van der Waals surface area contributed by atoms with Crippen molar-refractivity contribution in [2.75, 3.05) is 26.2 Å². The van der Waals surface area contributed by atoms with Crippen molar-refractivity contribution in [3.8, 4) is 0 Å². The topological polar surface area (TPSA) is 50.5 Å². The molecular formula is C24H33Cl2N3O2. The Kier molecular flexibility index (Phi) is 8.45. The van der Waals surface area contributed by atoms with Crippen LogP contribution in [0.15, 0.2) is 41.1 Å². The van der Waals surface area contributed by atoms with Gasteiger partial charge in [0.15, 0.2) is 0 Å². The lowest BCUT2D eigenvalue weighted by Gasteiger charge is -2.33. The van der Waals surface area contributed by atoms with E-state index in [2.05, 4.69) is 48.8 Å². The molecule has 0 amide bonds. The molecule has 31 heavy (non-hydrogen) atoms. The fraction of sp³-hybridized carbons (Fsp3) is 0.542. The minimum absolute atomic E-state index is 0.0402. The number of morpholine rings is 1. The van der Waals surface area contributed by atoms with Crippen LogP contribution in [0.5, 0.6) is 0 Å². The summed E-state index contributed by atoms with van der Waals surface area (Å²) < 4.78 is 11.5. The Hall–Kier alpha value is -1.53. The number of nitrogens with one attached hydrogen (secondary N) is 1. The van der Waals surface area contributed by atoms with Gasteiger partial charge in [-0.2, -0.15) is 0 Å². The summed E-state index contributed by atoms with van der Waals surface area (Å²) in [4.78, 5) is 2.38. The molecule has 7 heteroatoms. The monoisotopic (exact) mass is 465 g/mol. The van der Waals surface area contributed by atoms with Crippen molar-refractivity contribution in [2.45, 2.75) is 58.1 Å². The molecule has 0 radical (unpaired) electrons. The number of aromatic nitrogens is 1. The number of allylic oxidation sites excluding steroid dienone is 1. The molecule has 0 saturated carbocycles. The highest BCUT2D eigenvalue weighted by Gasteiger charge is 2.23. The molecule has 1 atom stereocenters. The number of nitrogens with zero attached hydrogens (tertiary/aromatic N) is 2. The van der Waals surface area contributed by atoms with Crippen LogP contribution in [0.1, 0.15) is 50.6 Å². The number of ether oxygens (including phenoxy) is 1. The second-order valence-electron chi connectivity index (χ2n) is 8.88. The van der Waals surface area contributed by atoms with Gasteiger partial charge in [0.05, 0.1) is 28.5 Å². The van der Waals surface area contributed by atoms with Gasteiger partial charge in [0, 0.05) is 49.8 Å². The first kappa shape index (κ1) is 24.1. The Bertz CT molecular complexity index is 881. The molecule has 5 nitrogen and oxygen atoms in total. The fourth-order valence-electron chi connectivity index (χ4n) is 3.50. The molecule has 0 unspecified atom stereocenters. The van der Waals surface area contributed by atoms with Gasteiger partial charge in [0.1, 0.15) is 5.76 Å². The maximum absolute atomic E-state index is 6.14. The largest absolute Gasteiger partial charge is 0.386 e. The van der Waals surface area contributed by atoms with E-state index in [1.165, 1.54) is 0 Å². The van der Waals surface area contributed by atoms with E-state index in [1.807, 2.05) is 18.2 Å². The van der Waals surface area contributed by atoms with Crippen molar-refractivity contribution in [2.24, 2.45) is 0 Å². The van der Waals surface area contributed by atoms with Gasteiger partial charge in [0.25, 0.3) is 0 Å². The van der Waals surface area contributed by atoms with Gasteiger partial charge in [0.2, 0.25) is 0 Å². The average molecular weight is 466 g/mol. The molecule has 1 aromatic heterocycles. The number of aryl methyl sites for hydroxylation is 1. The van der Waals surface area contributed by atoms with Gasteiger partial charge in [-0.15, -0.1) is 0 Å². The van der Waals surface area contributed by atoms with Crippen molar-refractivity contribution in [3.63, 3.8) is 0 Å². The molecule has 170 valence electrons. The Morgan fingerprint density at radius 3 is 2.84 bits per heavy atom. The minimum Gasteiger partial charge on any atom is -0.386 e. The van der Waals surface area contributed by atoms with Crippen LogP contribution in [-0.2, 0) is 23.1 Å². The summed E-state index contributed by atoms with van der Waals surface area (Å²) in [6.07, 6.45) is 2.74. The lowest BCUT2D eigenvalue weighted by atomic mass is 9.86. The van der Waals surface area contributed by atoms with E-state index < -0.39 is 0 Å². The van der Waals surface area contributed by atoms with Gasteiger partial charge < -0.3 is 14.6 Å². The quantitative estimate of drug-likeness (QED) is 0.494. The number of rotatable bonds is 10. The number of hydrogen-bond donors (Lipinski definition) is 1. The van der Waals surface area contributed by atoms with E-state index in [0.29, 0.717) is 16.7 Å².